The predicted octanol–water partition coefficient (Wildman–Crippen LogP) is 13.5. The summed E-state index contributed by atoms with van der Waals surface area (Å²) < 4.78 is 0. The number of allylic oxidation sites excluding steroid dienone is 2. The van der Waals surface area contributed by atoms with E-state index in [-0.39, 0.29) is 6.04 Å². The number of hydrogen-bond donors (Lipinski definition) is 1. The van der Waals surface area contributed by atoms with Gasteiger partial charge in [-0.3, -0.25) is 0 Å². The first-order chi connectivity index (χ1) is 27.6. The zero-order chi connectivity index (χ0) is 37.6. The van der Waals surface area contributed by atoms with Crippen LogP contribution in [0.25, 0.3) is 94.0 Å². The van der Waals surface area contributed by atoms with Gasteiger partial charge in [0.1, 0.15) is 0 Å². The molecule has 1 N–H and O–H groups in total. The molecule has 56 heavy (non-hydrogen) atoms. The largest absolute Gasteiger partial charge is 0.384 e. The van der Waals surface area contributed by atoms with Gasteiger partial charge in [-0.05, 0) is 110 Å². The van der Waals surface area contributed by atoms with Gasteiger partial charge in [0.2, 0.25) is 0 Å². The quantitative estimate of drug-likeness (QED) is 0.174. The smallest absolute Gasteiger partial charge is 0.160 e. The molecule has 0 amide bonds. The average Bonchev–Trinajstić information content (AvgIpc) is 3.25. The van der Waals surface area contributed by atoms with Crippen LogP contribution < -0.4 is 5.32 Å². The molecule has 9 aromatic rings. The van der Waals surface area contributed by atoms with Crippen molar-refractivity contribution >= 4 is 37.9 Å². The third kappa shape index (κ3) is 5.95. The molecule has 1 aliphatic heterocycles. The maximum Gasteiger partial charge on any atom is 0.160 e. The summed E-state index contributed by atoms with van der Waals surface area (Å²) in [7, 11) is 0. The monoisotopic (exact) mass is 717 g/mol. The minimum atomic E-state index is 0.246. The highest BCUT2D eigenvalue weighted by Gasteiger charge is 2.19. The van der Waals surface area contributed by atoms with E-state index in [9.17, 15) is 0 Å². The molecule has 1 unspecified atom stereocenters. The standard InChI is InChI=1S/C53H39N3/c1-34-31-41(44-21-12-30-54-35(44)2)28-29-43(34)50-33-49(42-27-22-36-13-6-7-16-40(36)32-42)55-53(56-50)39-25-23-38(24-26-39)52-47-19-10-8-17-45(47)51(37-14-4-3-5-15-37)46-18-9-11-20-48(46)52/h3-33,35,54H,1-2H3. The van der Waals surface area contributed by atoms with Crippen molar-refractivity contribution in [1.82, 2.24) is 15.3 Å². The SMILES string of the molecule is Cc1cc(C2=CC=CNC2C)ccc1-c1cc(-c2ccc3ccccc3c2)nc(-c2ccc(-c3c4ccccc4c(-c4ccccc4)c4ccccc34)cc2)n1. The van der Waals surface area contributed by atoms with Crippen LogP contribution in [0.15, 0.2) is 188 Å². The molecule has 0 aliphatic carbocycles. The molecule has 3 nitrogen and oxygen atoms in total. The number of aromatic nitrogens is 2. The van der Waals surface area contributed by atoms with Crippen molar-refractivity contribution in [2.75, 3.05) is 0 Å². The van der Waals surface area contributed by atoms with E-state index in [1.54, 1.807) is 0 Å². The molecule has 0 radical (unpaired) electrons. The van der Waals surface area contributed by atoms with Gasteiger partial charge in [-0.1, -0.05) is 164 Å². The zero-order valence-corrected chi connectivity index (χ0v) is 31.4. The Labute approximate surface area is 327 Å². The van der Waals surface area contributed by atoms with Crippen LogP contribution in [0.5, 0.6) is 0 Å². The lowest BCUT2D eigenvalue weighted by Gasteiger charge is -2.20. The number of aryl methyl sites for hydroxylation is 1. The first-order valence-electron chi connectivity index (χ1n) is 19.3. The van der Waals surface area contributed by atoms with Gasteiger partial charge in [-0.25, -0.2) is 9.97 Å². The summed E-state index contributed by atoms with van der Waals surface area (Å²) in [5.41, 5.74) is 13.5. The Morgan fingerprint density at radius 2 is 1.02 bits per heavy atom. The van der Waals surface area contributed by atoms with E-state index in [1.165, 1.54) is 65.7 Å². The van der Waals surface area contributed by atoms with Gasteiger partial charge >= 0.3 is 0 Å². The molecule has 10 rings (SSSR count). The molecule has 3 heteroatoms. The van der Waals surface area contributed by atoms with E-state index in [0.29, 0.717) is 5.82 Å². The average molecular weight is 718 g/mol. The van der Waals surface area contributed by atoms with Gasteiger partial charge in [0.05, 0.1) is 11.4 Å². The number of nitrogens with one attached hydrogen (secondary N) is 1. The molecule has 0 spiro atoms. The molecule has 0 fully saturated rings. The normalized spacial score (nSPS) is 13.9. The first-order valence-corrected chi connectivity index (χ1v) is 19.3. The van der Waals surface area contributed by atoms with Crippen molar-refractivity contribution in [2.45, 2.75) is 19.9 Å². The van der Waals surface area contributed by atoms with Crippen molar-refractivity contribution < 1.29 is 0 Å². The van der Waals surface area contributed by atoms with Gasteiger partial charge < -0.3 is 5.32 Å². The Bertz CT molecular complexity index is 2950. The second-order valence-electron chi connectivity index (χ2n) is 14.7. The molecule has 0 saturated carbocycles. The fourth-order valence-electron chi connectivity index (χ4n) is 8.41. The number of hydrogen-bond acceptors (Lipinski definition) is 3. The van der Waals surface area contributed by atoms with Crippen LogP contribution in [0.1, 0.15) is 18.1 Å². The summed E-state index contributed by atoms with van der Waals surface area (Å²) in [5.74, 6) is 0.702. The Morgan fingerprint density at radius 3 is 1.68 bits per heavy atom. The van der Waals surface area contributed by atoms with Crippen LogP contribution in [0.3, 0.4) is 0 Å². The van der Waals surface area contributed by atoms with Gasteiger partial charge in [0, 0.05) is 22.7 Å². The van der Waals surface area contributed by atoms with Crippen LogP contribution in [-0.4, -0.2) is 16.0 Å². The Hall–Kier alpha value is -7.10. The van der Waals surface area contributed by atoms with Crippen LogP contribution in [0.2, 0.25) is 0 Å². The Balaban J connectivity index is 1.11. The highest BCUT2D eigenvalue weighted by atomic mass is 14.9. The van der Waals surface area contributed by atoms with Crippen molar-refractivity contribution in [3.63, 3.8) is 0 Å². The van der Waals surface area contributed by atoms with Crippen molar-refractivity contribution in [1.29, 1.82) is 0 Å². The molecule has 0 bridgehead atoms. The van der Waals surface area contributed by atoms with Gasteiger partial charge in [-0.2, -0.15) is 0 Å². The van der Waals surface area contributed by atoms with E-state index < -0.39 is 0 Å². The summed E-state index contributed by atoms with van der Waals surface area (Å²) in [6, 6.07) is 61.3. The van der Waals surface area contributed by atoms with E-state index in [2.05, 4.69) is 201 Å². The van der Waals surface area contributed by atoms with E-state index in [4.69, 9.17) is 9.97 Å². The summed E-state index contributed by atoms with van der Waals surface area (Å²) >= 11 is 0. The third-order valence-electron chi connectivity index (χ3n) is 11.2. The van der Waals surface area contributed by atoms with Crippen LogP contribution >= 0.6 is 0 Å². The highest BCUT2D eigenvalue weighted by molar-refractivity contribution is 6.21. The molecule has 8 aromatic carbocycles. The maximum absolute atomic E-state index is 5.28. The van der Waals surface area contributed by atoms with Gasteiger partial charge in [0.15, 0.2) is 5.82 Å². The second-order valence-corrected chi connectivity index (χ2v) is 14.7. The Kier molecular flexibility index (Phi) is 8.34. The fraction of sp³-hybridized carbons (Fsp3) is 0.0566. The summed E-state index contributed by atoms with van der Waals surface area (Å²) in [4.78, 5) is 10.5. The molecular weight excluding hydrogens is 679 g/mol. The van der Waals surface area contributed by atoms with Crippen LogP contribution in [0.4, 0.5) is 0 Å². The van der Waals surface area contributed by atoms with E-state index >= 15 is 0 Å². The van der Waals surface area contributed by atoms with Crippen molar-refractivity contribution in [3.8, 4) is 56.2 Å². The topological polar surface area (TPSA) is 37.8 Å². The van der Waals surface area contributed by atoms with Crippen LogP contribution in [-0.2, 0) is 0 Å². The minimum Gasteiger partial charge on any atom is -0.384 e. The zero-order valence-electron chi connectivity index (χ0n) is 31.4. The van der Waals surface area contributed by atoms with E-state index in [0.717, 1.165) is 33.6 Å². The molecule has 1 atom stereocenters. The maximum atomic E-state index is 5.28. The number of rotatable bonds is 6. The number of fused-ring (bicyclic) bond motifs is 3. The molecule has 2 heterocycles. The Morgan fingerprint density at radius 1 is 0.464 bits per heavy atom. The lowest BCUT2D eigenvalue weighted by Crippen LogP contribution is -2.23. The van der Waals surface area contributed by atoms with Crippen molar-refractivity contribution in [3.05, 3.63) is 199 Å². The summed E-state index contributed by atoms with van der Waals surface area (Å²) in [6.07, 6.45) is 6.27. The van der Waals surface area contributed by atoms with Gasteiger partial charge in [-0.15, -0.1) is 0 Å². The highest BCUT2D eigenvalue weighted by Crippen LogP contribution is 2.44. The number of benzene rings is 8. The second kappa shape index (κ2) is 14.0. The van der Waals surface area contributed by atoms with Crippen LogP contribution in [0, 0.1) is 6.92 Å². The minimum absolute atomic E-state index is 0.246. The predicted molar refractivity (Wildman–Crippen MR) is 236 cm³/mol. The van der Waals surface area contributed by atoms with Crippen molar-refractivity contribution in [2.24, 2.45) is 0 Å². The van der Waals surface area contributed by atoms with Gasteiger partial charge in [0.25, 0.3) is 0 Å². The molecule has 1 aliphatic rings. The molecule has 266 valence electrons. The number of dihydropyridines is 1. The van der Waals surface area contributed by atoms with E-state index in [1.807, 2.05) is 6.20 Å². The molecule has 0 saturated heterocycles. The number of nitrogens with zero attached hydrogens (tertiary/aromatic N) is 2. The summed E-state index contributed by atoms with van der Waals surface area (Å²) in [6.45, 7) is 4.38. The lowest BCUT2D eigenvalue weighted by molar-refractivity contribution is 0.778. The molecule has 1 aromatic heterocycles. The first kappa shape index (κ1) is 33.5. The lowest BCUT2D eigenvalue weighted by atomic mass is 9.86. The third-order valence-corrected chi connectivity index (χ3v) is 11.2. The summed E-state index contributed by atoms with van der Waals surface area (Å²) in [5, 5.41) is 10.8. The molecular formula is C53H39N3. The fourth-order valence-corrected chi connectivity index (χ4v) is 8.41.